The molecule has 1 aliphatic carbocycles. The fraction of sp³-hybridized carbons (Fsp3) is 0.941. The molecule has 0 aromatic rings. The zero-order valence-electron chi connectivity index (χ0n) is 14.6. The maximum absolute atomic E-state index is 6.61. The molecule has 0 bridgehead atoms. The molecule has 1 saturated heterocycles. The Kier molecular flexibility index (Phi) is 5.76. The maximum Gasteiger partial charge on any atom is 0.127 e. The van der Waals surface area contributed by atoms with Crippen LogP contribution >= 0.6 is 0 Å². The lowest BCUT2D eigenvalue weighted by Crippen LogP contribution is -2.55. The van der Waals surface area contributed by atoms with Gasteiger partial charge in [-0.3, -0.25) is 4.99 Å². The van der Waals surface area contributed by atoms with Crippen molar-refractivity contribution in [2.75, 3.05) is 7.05 Å². The van der Waals surface area contributed by atoms with Crippen molar-refractivity contribution < 1.29 is 0 Å². The third kappa shape index (κ3) is 4.24. The molecule has 3 atom stereocenters. The Morgan fingerprint density at radius 2 is 1.95 bits per heavy atom. The molecule has 2 N–H and O–H groups in total. The summed E-state index contributed by atoms with van der Waals surface area (Å²) in [7, 11) is 4.23. The SMILES string of the molecule is BC1(N)CCCCCCC2C(CC/C(=N/C)N2C(C)C)C1. The lowest BCUT2D eigenvalue weighted by atomic mass is 9.65. The minimum atomic E-state index is 0.0176. The first-order valence-electron chi connectivity index (χ1n) is 8.97. The zero-order valence-corrected chi connectivity index (χ0v) is 14.6. The molecule has 4 heteroatoms. The van der Waals surface area contributed by atoms with Crippen LogP contribution in [0.5, 0.6) is 0 Å². The van der Waals surface area contributed by atoms with Crippen LogP contribution < -0.4 is 5.73 Å². The maximum atomic E-state index is 6.61. The molecule has 0 aromatic carbocycles. The van der Waals surface area contributed by atoms with Crippen LogP contribution in [0, 0.1) is 5.92 Å². The van der Waals surface area contributed by atoms with Gasteiger partial charge in [-0.1, -0.05) is 25.7 Å². The van der Waals surface area contributed by atoms with Crippen molar-refractivity contribution in [3.63, 3.8) is 0 Å². The molecular formula is C17H34BN3. The third-order valence-electron chi connectivity index (χ3n) is 5.48. The molecule has 2 rings (SSSR count). The van der Waals surface area contributed by atoms with Gasteiger partial charge < -0.3 is 10.6 Å². The molecule has 21 heavy (non-hydrogen) atoms. The van der Waals surface area contributed by atoms with Gasteiger partial charge in [-0.2, -0.15) is 0 Å². The predicted molar refractivity (Wildman–Crippen MR) is 94.6 cm³/mol. The van der Waals surface area contributed by atoms with Crippen LogP contribution in [-0.2, 0) is 0 Å². The van der Waals surface area contributed by atoms with Crippen LogP contribution in [0.1, 0.15) is 71.6 Å². The first kappa shape index (κ1) is 16.9. The summed E-state index contributed by atoms with van der Waals surface area (Å²) in [5.41, 5.74) is 6.63. The topological polar surface area (TPSA) is 41.6 Å². The molecule has 0 aromatic heterocycles. The van der Waals surface area contributed by atoms with E-state index in [0.717, 1.165) is 12.3 Å². The summed E-state index contributed by atoms with van der Waals surface area (Å²) in [5.74, 6) is 2.06. The Hall–Kier alpha value is -0.505. The van der Waals surface area contributed by atoms with E-state index in [0.29, 0.717) is 12.1 Å². The Balaban J connectivity index is 2.22. The number of nitrogens with zero attached hydrogens (tertiary/aromatic N) is 2. The number of likely N-dealkylation sites (tertiary alicyclic amines) is 1. The Morgan fingerprint density at radius 1 is 1.24 bits per heavy atom. The van der Waals surface area contributed by atoms with Crippen LogP contribution in [0.25, 0.3) is 0 Å². The van der Waals surface area contributed by atoms with Gasteiger partial charge in [0.25, 0.3) is 0 Å². The van der Waals surface area contributed by atoms with E-state index in [1.165, 1.54) is 57.2 Å². The van der Waals surface area contributed by atoms with Gasteiger partial charge in [0.15, 0.2) is 0 Å². The third-order valence-corrected chi connectivity index (χ3v) is 5.48. The summed E-state index contributed by atoms with van der Waals surface area (Å²) < 4.78 is 0. The smallest absolute Gasteiger partial charge is 0.127 e. The minimum absolute atomic E-state index is 0.0176. The van der Waals surface area contributed by atoms with Crippen molar-refractivity contribution in [2.45, 2.75) is 89.2 Å². The average molecular weight is 291 g/mol. The van der Waals surface area contributed by atoms with Crippen molar-refractivity contribution in [3.8, 4) is 0 Å². The van der Waals surface area contributed by atoms with E-state index in [-0.39, 0.29) is 5.44 Å². The highest BCUT2D eigenvalue weighted by Gasteiger charge is 2.38. The highest BCUT2D eigenvalue weighted by atomic mass is 15.2. The molecule has 0 spiro atoms. The monoisotopic (exact) mass is 291 g/mol. The first-order chi connectivity index (χ1) is 9.94. The van der Waals surface area contributed by atoms with Gasteiger partial charge in [0.05, 0.1) is 5.84 Å². The Labute approximate surface area is 132 Å². The van der Waals surface area contributed by atoms with Crippen LogP contribution in [-0.4, -0.2) is 43.2 Å². The Morgan fingerprint density at radius 3 is 2.62 bits per heavy atom. The summed E-state index contributed by atoms with van der Waals surface area (Å²) in [5, 5.41) is 0. The van der Waals surface area contributed by atoms with Gasteiger partial charge in [-0.05, 0) is 50.9 Å². The summed E-state index contributed by atoms with van der Waals surface area (Å²) in [6, 6.07) is 1.20. The number of fused-ring (bicyclic) bond motifs is 1. The molecule has 1 heterocycles. The Bertz CT molecular complexity index is 365. The van der Waals surface area contributed by atoms with Crippen LogP contribution in [0.2, 0.25) is 0 Å². The largest absolute Gasteiger partial charge is 0.355 e. The van der Waals surface area contributed by atoms with Crippen molar-refractivity contribution in [1.29, 1.82) is 0 Å². The van der Waals surface area contributed by atoms with Gasteiger partial charge in [0.2, 0.25) is 0 Å². The van der Waals surface area contributed by atoms with Gasteiger partial charge in [-0.15, -0.1) is 0 Å². The number of aliphatic imine (C=N–C) groups is 1. The van der Waals surface area contributed by atoms with E-state index >= 15 is 0 Å². The van der Waals surface area contributed by atoms with Crippen molar-refractivity contribution in [3.05, 3.63) is 0 Å². The molecule has 120 valence electrons. The molecule has 3 unspecified atom stereocenters. The first-order valence-corrected chi connectivity index (χ1v) is 8.97. The van der Waals surface area contributed by atoms with Crippen molar-refractivity contribution in [1.82, 2.24) is 4.90 Å². The molecule has 1 aliphatic heterocycles. The molecule has 0 amide bonds. The van der Waals surface area contributed by atoms with E-state index in [9.17, 15) is 0 Å². The predicted octanol–water partition coefficient (Wildman–Crippen LogP) is 2.54. The molecule has 0 radical (unpaired) electrons. The number of piperidine rings is 1. The highest BCUT2D eigenvalue weighted by molar-refractivity contribution is 6.15. The number of amidine groups is 1. The average Bonchev–Trinajstić information content (AvgIpc) is 2.42. The summed E-state index contributed by atoms with van der Waals surface area (Å²) in [4.78, 5) is 7.20. The van der Waals surface area contributed by atoms with Crippen LogP contribution in [0.15, 0.2) is 4.99 Å². The molecule has 2 fully saturated rings. The van der Waals surface area contributed by atoms with E-state index < -0.39 is 0 Å². The van der Waals surface area contributed by atoms with Crippen LogP contribution in [0.3, 0.4) is 0 Å². The number of hydrogen-bond acceptors (Lipinski definition) is 2. The van der Waals surface area contributed by atoms with Gasteiger partial charge in [0, 0.05) is 25.6 Å². The summed E-state index contributed by atoms with van der Waals surface area (Å²) in [6.07, 6.45) is 11.5. The number of hydrogen-bond donors (Lipinski definition) is 1. The molecule has 1 saturated carbocycles. The second kappa shape index (κ2) is 7.17. The molecule has 3 nitrogen and oxygen atoms in total. The summed E-state index contributed by atoms with van der Waals surface area (Å²) in [6.45, 7) is 4.63. The quantitative estimate of drug-likeness (QED) is 0.754. The molecular weight excluding hydrogens is 257 g/mol. The van der Waals surface area contributed by atoms with E-state index in [1.807, 2.05) is 7.05 Å². The van der Waals surface area contributed by atoms with Crippen molar-refractivity contribution >= 4 is 13.7 Å². The summed E-state index contributed by atoms with van der Waals surface area (Å²) >= 11 is 0. The highest BCUT2D eigenvalue weighted by Crippen LogP contribution is 2.36. The van der Waals surface area contributed by atoms with Gasteiger partial charge >= 0.3 is 0 Å². The number of nitrogens with two attached hydrogens (primary N) is 1. The lowest BCUT2D eigenvalue weighted by Gasteiger charge is -2.48. The fourth-order valence-electron chi connectivity index (χ4n) is 4.51. The van der Waals surface area contributed by atoms with Crippen molar-refractivity contribution in [2.24, 2.45) is 16.6 Å². The normalized spacial score (nSPS) is 37.6. The minimum Gasteiger partial charge on any atom is -0.355 e. The second-order valence-corrected chi connectivity index (χ2v) is 7.82. The van der Waals surface area contributed by atoms with Gasteiger partial charge in [0.1, 0.15) is 7.85 Å². The second-order valence-electron chi connectivity index (χ2n) is 7.82. The number of rotatable bonds is 1. The zero-order chi connectivity index (χ0) is 15.5. The lowest BCUT2D eigenvalue weighted by molar-refractivity contribution is 0.125. The standard InChI is InChI=1S/C17H34BN3/c1-13(2)21-15-8-6-4-5-7-11-17(18,19)12-14(15)9-10-16(21)20-3/h13-15H,4-12,18-19H2,1-3H3/b20-16-. The van der Waals surface area contributed by atoms with E-state index in [1.54, 1.807) is 0 Å². The van der Waals surface area contributed by atoms with E-state index in [4.69, 9.17) is 5.73 Å². The fourth-order valence-corrected chi connectivity index (χ4v) is 4.51. The van der Waals surface area contributed by atoms with Gasteiger partial charge in [-0.25, -0.2) is 0 Å². The van der Waals surface area contributed by atoms with E-state index in [2.05, 4.69) is 31.6 Å². The molecule has 2 aliphatic rings. The van der Waals surface area contributed by atoms with Crippen LogP contribution in [0.4, 0.5) is 0 Å².